The summed E-state index contributed by atoms with van der Waals surface area (Å²) in [5, 5.41) is 0. The maximum absolute atomic E-state index is 8.42. The molecule has 0 amide bonds. The second-order valence-corrected chi connectivity index (χ2v) is 0. The van der Waals surface area contributed by atoms with Crippen molar-refractivity contribution in [3.63, 3.8) is 0 Å². The van der Waals surface area contributed by atoms with Gasteiger partial charge in [-0.05, 0) is 0 Å². The number of hydrogen-bond acceptors (Lipinski definition) is 3. The van der Waals surface area contributed by atoms with E-state index in [0.717, 1.165) is 0 Å². The molecule has 0 rings (SSSR count). The topological polar surface area (TPSA) is 51.2 Å². The maximum atomic E-state index is 8.42. The minimum absolute atomic E-state index is 0.0556. The van der Waals surface area contributed by atoms with E-state index in [1.165, 1.54) is 0 Å². The second-order valence-electron chi connectivity index (χ2n) is 0. The van der Waals surface area contributed by atoms with Gasteiger partial charge in [0.05, 0.1) is 0 Å². The average molecular weight is 420 g/mol. The Labute approximate surface area is 105 Å². The van der Waals surface area contributed by atoms with Crippen LogP contribution in [0.3, 0.4) is 0 Å². The molecule has 0 aromatic rings. The predicted octanol–water partition coefficient (Wildman–Crippen LogP) is -0.359. The first-order valence-electron chi connectivity index (χ1n) is 0.644. The molecule has 0 fully saturated rings. The molecule has 0 aromatic heterocycles. The van der Waals surface area contributed by atoms with E-state index in [-0.39, 0.29) is 79.1 Å². The SMILES string of the molecule is [O]=[Ce].[O]=[Pr].[O]=[Zr]. The first-order valence-corrected chi connectivity index (χ1v) is 4.44. The van der Waals surface area contributed by atoms with E-state index in [0.29, 0.717) is 24.7 Å². The molecule has 0 aliphatic heterocycles. The molecule has 0 saturated carbocycles. The molecule has 0 heterocycles. The van der Waals surface area contributed by atoms with Crippen LogP contribution in [0.1, 0.15) is 0 Å². The zero-order chi connectivity index (χ0) is 6.00. The molecule has 0 saturated heterocycles. The minimum atomic E-state index is -0.0833. The molecule has 0 radical (unpaired) electrons. The average Bonchev–Trinajstić information content (AvgIpc) is 1.81. The Hall–Kier alpha value is 3.02. The molecule has 0 aliphatic rings. The van der Waals surface area contributed by atoms with Crippen molar-refractivity contribution in [3.05, 3.63) is 0 Å². The van der Waals surface area contributed by atoms with E-state index >= 15 is 0 Å². The number of rotatable bonds is 0. The molecular weight excluding hydrogens is 420 g/mol. The van der Waals surface area contributed by atoms with E-state index in [1.807, 2.05) is 0 Å². The summed E-state index contributed by atoms with van der Waals surface area (Å²) in [5.41, 5.74) is 0. The molecule has 0 unspecified atom stereocenters. The molecular formula is CeO3PrZr. The van der Waals surface area contributed by atoms with E-state index < -0.39 is 0 Å². The molecule has 29 valence electrons. The Kier molecular flexibility index (Phi) is 116. The van der Waals surface area contributed by atoms with Gasteiger partial charge in [-0.25, -0.2) is 0 Å². The Morgan fingerprint density at radius 1 is 1.17 bits per heavy atom. The summed E-state index contributed by atoms with van der Waals surface area (Å²) < 4.78 is 25.1. The first-order chi connectivity index (χ1) is 3.00. The molecule has 0 N–H and O–H groups in total. The van der Waals surface area contributed by atoms with E-state index in [1.54, 1.807) is 0 Å². The molecule has 0 aromatic carbocycles. The molecule has 0 atom stereocenters. The Balaban J connectivity index is -0.0000000225. The van der Waals surface area contributed by atoms with Gasteiger partial charge in [-0.2, -0.15) is 0 Å². The summed E-state index contributed by atoms with van der Waals surface area (Å²) in [7, 11) is 0. The van der Waals surface area contributed by atoms with Crippen molar-refractivity contribution >= 4 is 0 Å². The first kappa shape index (κ1) is 16.0. The van der Waals surface area contributed by atoms with Crippen molar-refractivity contribution in [2.75, 3.05) is 0 Å². The monoisotopic (exact) mass is 419 g/mol. The summed E-state index contributed by atoms with van der Waals surface area (Å²) >= 11 is 0.272. The van der Waals surface area contributed by atoms with Crippen molar-refractivity contribution in [3.8, 4) is 0 Å². The van der Waals surface area contributed by atoms with Crippen LogP contribution in [0.15, 0.2) is 0 Å². The van der Waals surface area contributed by atoms with Gasteiger partial charge in [0.2, 0.25) is 0 Å². The summed E-state index contributed by atoms with van der Waals surface area (Å²) in [6, 6.07) is 0. The van der Waals surface area contributed by atoms with E-state index in [2.05, 4.69) is 0 Å². The summed E-state index contributed by atoms with van der Waals surface area (Å²) in [6.45, 7) is 0. The van der Waals surface area contributed by atoms with Gasteiger partial charge in [0, 0.05) is 0 Å². The molecule has 0 bridgehead atoms. The molecule has 0 aliphatic carbocycles. The van der Waals surface area contributed by atoms with Gasteiger partial charge in [-0.3, -0.25) is 0 Å². The molecule has 0 spiro atoms. The van der Waals surface area contributed by atoms with Crippen LogP contribution >= 0.6 is 0 Å². The van der Waals surface area contributed by atoms with Gasteiger partial charge >= 0.3 is 109 Å². The van der Waals surface area contributed by atoms with Crippen LogP contribution in [-0.2, 0) is 29.5 Å². The molecule has 6 heavy (non-hydrogen) atoms. The van der Waals surface area contributed by atoms with Gasteiger partial charge in [0.1, 0.15) is 0 Å². The summed E-state index contributed by atoms with van der Waals surface area (Å²) in [4.78, 5) is 0. The van der Waals surface area contributed by atoms with Gasteiger partial charge in [-0.15, -0.1) is 0 Å². The van der Waals surface area contributed by atoms with Crippen LogP contribution in [0.2, 0.25) is 0 Å². The van der Waals surface area contributed by atoms with Gasteiger partial charge in [0.15, 0.2) is 0 Å². The van der Waals surface area contributed by atoms with Crippen LogP contribution in [0.4, 0.5) is 0 Å². The van der Waals surface area contributed by atoms with Crippen LogP contribution in [0.25, 0.3) is 0 Å². The standard InChI is InChI=1S/Ce.3O.Pr.Zr. The Morgan fingerprint density at radius 3 is 1.17 bits per heavy atom. The quantitative estimate of drug-likeness (QED) is 0.538. The third-order valence-electron chi connectivity index (χ3n) is 0. The van der Waals surface area contributed by atoms with Crippen molar-refractivity contribution in [1.29, 1.82) is 0 Å². The van der Waals surface area contributed by atoms with Crippen LogP contribution < -0.4 is 0 Å². The van der Waals surface area contributed by atoms with Crippen molar-refractivity contribution in [2.45, 2.75) is 0 Å². The third-order valence-corrected chi connectivity index (χ3v) is 0. The predicted molar refractivity (Wildman–Crippen MR) is 2.06 cm³/mol. The van der Waals surface area contributed by atoms with E-state index in [4.69, 9.17) is 4.75 Å². The normalized spacial score (nSPS) is 2.00. The zero-order valence-corrected chi connectivity index (χ0v) is 12.1. The fraction of sp³-hybridized carbons (Fsp3) is 0. The van der Waals surface area contributed by atoms with Gasteiger partial charge < -0.3 is 0 Å². The van der Waals surface area contributed by atoms with Crippen molar-refractivity contribution in [2.24, 2.45) is 0 Å². The Bertz CT molecular complexity index is 15.5. The van der Waals surface area contributed by atoms with Crippen LogP contribution in [-0.4, -0.2) is 0 Å². The number of hydrogen-bond donors (Lipinski definition) is 0. The van der Waals surface area contributed by atoms with Crippen LogP contribution in [0.5, 0.6) is 0 Å². The van der Waals surface area contributed by atoms with E-state index in [9.17, 15) is 0 Å². The van der Waals surface area contributed by atoms with Crippen molar-refractivity contribution < 1.29 is 109 Å². The molecule has 3 nitrogen and oxygen atoms in total. The van der Waals surface area contributed by atoms with Gasteiger partial charge in [-0.1, -0.05) is 0 Å². The molecule has 6 heteroatoms. The summed E-state index contributed by atoms with van der Waals surface area (Å²) in [5.74, 6) is 0. The zero-order valence-electron chi connectivity index (χ0n) is 2.80. The van der Waals surface area contributed by atoms with Crippen molar-refractivity contribution in [1.82, 2.24) is 0 Å². The van der Waals surface area contributed by atoms with Gasteiger partial charge in [0.25, 0.3) is 0 Å². The fourth-order valence-corrected chi connectivity index (χ4v) is 0. The summed E-state index contributed by atoms with van der Waals surface area (Å²) in [6.07, 6.45) is 0. The second kappa shape index (κ2) is 43.3. The fourth-order valence-electron chi connectivity index (χ4n) is 0. The van der Waals surface area contributed by atoms with Crippen LogP contribution in [0, 0.1) is 79.1 Å². The third kappa shape index (κ3) is 27.9. The Morgan fingerprint density at radius 2 is 1.17 bits per heavy atom.